The highest BCUT2D eigenvalue weighted by atomic mass is 19.1. The summed E-state index contributed by atoms with van der Waals surface area (Å²) in [5.74, 6) is -0.336. The molecule has 0 aliphatic rings. The molecule has 0 saturated heterocycles. The second-order valence-electron chi connectivity index (χ2n) is 4.44. The van der Waals surface area contributed by atoms with Gasteiger partial charge in [0.2, 0.25) is 0 Å². The molecular weight excluding hydrogens is 203 g/mol. The standard InChI is InChI=1S/C14H17FO/c1-10(2)9-12(14(3,4)16)11-7-5-6-8-13(11)15/h5-9,16H,1H2,2-4H3/b12-9-. The van der Waals surface area contributed by atoms with E-state index in [4.69, 9.17) is 0 Å². The van der Waals surface area contributed by atoms with Crippen molar-refractivity contribution in [3.8, 4) is 0 Å². The topological polar surface area (TPSA) is 20.2 Å². The van der Waals surface area contributed by atoms with Crippen LogP contribution in [-0.2, 0) is 0 Å². The van der Waals surface area contributed by atoms with Gasteiger partial charge in [-0.15, -0.1) is 0 Å². The van der Waals surface area contributed by atoms with Crippen LogP contribution in [-0.4, -0.2) is 10.7 Å². The van der Waals surface area contributed by atoms with Crippen LogP contribution in [0.1, 0.15) is 26.3 Å². The second-order valence-corrected chi connectivity index (χ2v) is 4.44. The van der Waals surface area contributed by atoms with Gasteiger partial charge >= 0.3 is 0 Å². The summed E-state index contributed by atoms with van der Waals surface area (Å²) >= 11 is 0. The van der Waals surface area contributed by atoms with E-state index in [0.29, 0.717) is 11.1 Å². The summed E-state index contributed by atoms with van der Waals surface area (Å²) in [6.45, 7) is 8.83. The molecular formula is C14H17FO. The van der Waals surface area contributed by atoms with Gasteiger partial charge in [-0.3, -0.25) is 0 Å². The van der Waals surface area contributed by atoms with Crippen molar-refractivity contribution >= 4 is 5.57 Å². The zero-order chi connectivity index (χ0) is 12.3. The third kappa shape index (κ3) is 3.04. The van der Waals surface area contributed by atoms with Crippen LogP contribution in [0.3, 0.4) is 0 Å². The summed E-state index contributed by atoms with van der Waals surface area (Å²) in [4.78, 5) is 0. The number of allylic oxidation sites excluding steroid dienone is 2. The van der Waals surface area contributed by atoms with Gasteiger partial charge in [0.15, 0.2) is 0 Å². The Labute approximate surface area is 95.9 Å². The molecule has 0 radical (unpaired) electrons. The molecule has 0 fully saturated rings. The summed E-state index contributed by atoms with van der Waals surface area (Å²) in [7, 11) is 0. The number of rotatable bonds is 3. The van der Waals surface area contributed by atoms with E-state index in [-0.39, 0.29) is 5.82 Å². The highest BCUT2D eigenvalue weighted by Crippen LogP contribution is 2.29. The second kappa shape index (κ2) is 4.62. The van der Waals surface area contributed by atoms with E-state index in [0.717, 1.165) is 5.57 Å². The monoisotopic (exact) mass is 220 g/mol. The maximum Gasteiger partial charge on any atom is 0.130 e. The van der Waals surface area contributed by atoms with Gasteiger partial charge in [-0.1, -0.05) is 36.4 Å². The molecule has 86 valence electrons. The highest BCUT2D eigenvalue weighted by molar-refractivity contribution is 5.73. The lowest BCUT2D eigenvalue weighted by molar-refractivity contribution is 0.143. The Morgan fingerprint density at radius 3 is 2.38 bits per heavy atom. The largest absolute Gasteiger partial charge is 0.386 e. The Hall–Kier alpha value is -1.41. The Balaban J connectivity index is 3.34. The van der Waals surface area contributed by atoms with E-state index in [2.05, 4.69) is 6.58 Å². The number of benzene rings is 1. The molecule has 1 N–H and O–H groups in total. The van der Waals surface area contributed by atoms with Crippen LogP contribution in [0.5, 0.6) is 0 Å². The number of aliphatic hydroxyl groups is 1. The van der Waals surface area contributed by atoms with Crippen molar-refractivity contribution in [3.63, 3.8) is 0 Å². The van der Waals surface area contributed by atoms with Crippen molar-refractivity contribution in [2.75, 3.05) is 0 Å². The number of halogens is 1. The van der Waals surface area contributed by atoms with Crippen LogP contribution in [0.15, 0.2) is 42.5 Å². The zero-order valence-electron chi connectivity index (χ0n) is 9.92. The molecule has 0 aliphatic carbocycles. The lowest BCUT2D eigenvalue weighted by Gasteiger charge is -2.22. The first kappa shape index (κ1) is 12.7. The van der Waals surface area contributed by atoms with E-state index < -0.39 is 5.60 Å². The Kier molecular flexibility index (Phi) is 3.66. The van der Waals surface area contributed by atoms with Crippen molar-refractivity contribution < 1.29 is 9.50 Å². The summed E-state index contributed by atoms with van der Waals surface area (Å²) in [5.41, 5.74) is 0.637. The summed E-state index contributed by atoms with van der Waals surface area (Å²) in [6.07, 6.45) is 1.71. The summed E-state index contributed by atoms with van der Waals surface area (Å²) in [5, 5.41) is 10.0. The molecule has 0 aromatic heterocycles. The minimum atomic E-state index is -1.10. The molecule has 0 aliphatic heterocycles. The molecule has 1 aromatic carbocycles. The van der Waals surface area contributed by atoms with Crippen molar-refractivity contribution in [2.24, 2.45) is 0 Å². The zero-order valence-corrected chi connectivity index (χ0v) is 9.92. The van der Waals surface area contributed by atoms with Crippen LogP contribution < -0.4 is 0 Å². The van der Waals surface area contributed by atoms with Crippen LogP contribution >= 0.6 is 0 Å². The van der Waals surface area contributed by atoms with E-state index in [1.807, 2.05) is 6.92 Å². The van der Waals surface area contributed by atoms with E-state index >= 15 is 0 Å². The maximum absolute atomic E-state index is 13.6. The van der Waals surface area contributed by atoms with Gasteiger partial charge < -0.3 is 5.11 Å². The molecule has 0 heterocycles. The molecule has 0 unspecified atom stereocenters. The normalized spacial score (nSPS) is 12.7. The molecule has 1 rings (SSSR count). The van der Waals surface area contributed by atoms with Gasteiger partial charge in [-0.25, -0.2) is 4.39 Å². The summed E-state index contributed by atoms with van der Waals surface area (Å²) in [6, 6.07) is 6.41. The molecule has 1 nitrogen and oxygen atoms in total. The Morgan fingerprint density at radius 2 is 1.94 bits per heavy atom. The van der Waals surface area contributed by atoms with Gasteiger partial charge in [0, 0.05) is 5.56 Å². The van der Waals surface area contributed by atoms with Crippen molar-refractivity contribution in [3.05, 3.63) is 53.9 Å². The SMILES string of the molecule is C=C(C)/C=C(/c1ccccc1F)C(C)(C)O. The molecule has 0 amide bonds. The molecule has 2 heteroatoms. The first-order valence-corrected chi connectivity index (χ1v) is 5.17. The lowest BCUT2D eigenvalue weighted by atomic mass is 9.89. The molecule has 1 aromatic rings. The average Bonchev–Trinajstić information content (AvgIpc) is 2.13. The minimum Gasteiger partial charge on any atom is -0.386 e. The van der Waals surface area contributed by atoms with Crippen LogP contribution in [0.25, 0.3) is 5.57 Å². The van der Waals surface area contributed by atoms with Gasteiger partial charge in [-0.05, 0) is 32.4 Å². The molecule has 0 saturated carbocycles. The molecule has 0 atom stereocenters. The number of hydrogen-bond acceptors (Lipinski definition) is 1. The van der Waals surface area contributed by atoms with Crippen molar-refractivity contribution in [2.45, 2.75) is 26.4 Å². The third-order valence-electron chi connectivity index (χ3n) is 2.21. The fraction of sp³-hybridized carbons (Fsp3) is 0.286. The number of hydrogen-bond donors (Lipinski definition) is 1. The van der Waals surface area contributed by atoms with Crippen LogP contribution in [0, 0.1) is 5.82 Å². The van der Waals surface area contributed by atoms with Gasteiger partial charge in [-0.2, -0.15) is 0 Å². The molecule has 0 bridgehead atoms. The lowest BCUT2D eigenvalue weighted by Crippen LogP contribution is -2.21. The molecule has 0 spiro atoms. The first-order valence-electron chi connectivity index (χ1n) is 5.17. The molecule has 16 heavy (non-hydrogen) atoms. The fourth-order valence-electron chi connectivity index (χ4n) is 1.51. The Morgan fingerprint density at radius 1 is 1.38 bits per heavy atom. The third-order valence-corrected chi connectivity index (χ3v) is 2.21. The predicted octanol–water partition coefficient (Wildman–Crippen LogP) is 3.56. The van der Waals surface area contributed by atoms with Crippen molar-refractivity contribution in [1.82, 2.24) is 0 Å². The summed E-state index contributed by atoms with van der Waals surface area (Å²) < 4.78 is 13.6. The maximum atomic E-state index is 13.6. The van der Waals surface area contributed by atoms with Gasteiger partial charge in [0.05, 0.1) is 5.60 Å². The van der Waals surface area contributed by atoms with Gasteiger partial charge in [0.1, 0.15) is 5.82 Å². The van der Waals surface area contributed by atoms with E-state index in [1.165, 1.54) is 6.07 Å². The predicted molar refractivity (Wildman–Crippen MR) is 65.5 cm³/mol. The Bertz CT molecular complexity index is 425. The van der Waals surface area contributed by atoms with Crippen LogP contribution in [0.2, 0.25) is 0 Å². The van der Waals surface area contributed by atoms with Crippen molar-refractivity contribution in [1.29, 1.82) is 0 Å². The average molecular weight is 220 g/mol. The van der Waals surface area contributed by atoms with Gasteiger partial charge in [0.25, 0.3) is 0 Å². The smallest absolute Gasteiger partial charge is 0.130 e. The van der Waals surface area contributed by atoms with Crippen LogP contribution in [0.4, 0.5) is 4.39 Å². The quantitative estimate of drug-likeness (QED) is 0.772. The fourth-order valence-corrected chi connectivity index (χ4v) is 1.51. The van der Waals surface area contributed by atoms with E-state index in [9.17, 15) is 9.50 Å². The minimum absolute atomic E-state index is 0.336. The highest BCUT2D eigenvalue weighted by Gasteiger charge is 2.22. The first-order chi connectivity index (χ1) is 7.32. The van der Waals surface area contributed by atoms with E-state index in [1.54, 1.807) is 38.1 Å².